The number of carbonyl (C=O) groups excluding carboxylic acids is 1. The van der Waals surface area contributed by atoms with E-state index < -0.39 is 5.97 Å². The number of benzene rings is 2. The molecule has 25 heavy (non-hydrogen) atoms. The molecule has 1 heterocycles. The highest BCUT2D eigenvalue weighted by atomic mass is 32.1. The molecule has 3 rings (SSSR count). The lowest BCUT2D eigenvalue weighted by molar-refractivity contribution is -0.131. The van der Waals surface area contributed by atoms with Crippen molar-refractivity contribution in [1.82, 2.24) is 4.98 Å². The molecule has 0 unspecified atom stereocenters. The predicted molar refractivity (Wildman–Crippen MR) is 98.8 cm³/mol. The van der Waals surface area contributed by atoms with E-state index >= 15 is 0 Å². The van der Waals surface area contributed by atoms with E-state index in [1.807, 2.05) is 41.8 Å². The van der Waals surface area contributed by atoms with E-state index in [0.717, 1.165) is 11.3 Å². The Morgan fingerprint density at radius 1 is 1.16 bits per heavy atom. The van der Waals surface area contributed by atoms with Gasteiger partial charge in [0.1, 0.15) is 16.8 Å². The average molecular weight is 346 g/mol. The fraction of sp³-hybridized carbons (Fsp3) is 0.0500. The molecule has 0 saturated carbocycles. The molecule has 0 aliphatic carbocycles. The van der Waals surface area contributed by atoms with Gasteiger partial charge in [-0.1, -0.05) is 48.5 Å². The summed E-state index contributed by atoms with van der Waals surface area (Å²) < 4.78 is 5.19. The molecule has 0 aliphatic rings. The third-order valence-corrected chi connectivity index (χ3v) is 4.27. The molecule has 0 amide bonds. The lowest BCUT2D eigenvalue weighted by Gasteiger charge is -2.05. The van der Waals surface area contributed by atoms with Gasteiger partial charge in [0.15, 0.2) is 0 Å². The summed E-state index contributed by atoms with van der Waals surface area (Å²) in [6, 6.07) is 19.1. The first kappa shape index (κ1) is 16.6. The van der Waals surface area contributed by atoms with E-state index in [9.17, 15) is 10.1 Å². The maximum atomic E-state index is 11.2. The second-order valence-corrected chi connectivity index (χ2v) is 6.06. The van der Waals surface area contributed by atoms with Crippen molar-refractivity contribution in [2.24, 2.45) is 0 Å². The van der Waals surface area contributed by atoms with Gasteiger partial charge >= 0.3 is 5.97 Å². The number of hydrogen-bond donors (Lipinski definition) is 0. The minimum atomic E-state index is -0.403. The molecule has 5 heteroatoms. The normalized spacial score (nSPS) is 11.0. The van der Waals surface area contributed by atoms with E-state index in [1.165, 1.54) is 18.3 Å². The molecule has 0 atom stereocenters. The Bertz CT molecular complexity index is 969. The van der Waals surface area contributed by atoms with E-state index in [4.69, 9.17) is 4.74 Å². The predicted octanol–water partition coefficient (Wildman–Crippen LogP) is 4.80. The van der Waals surface area contributed by atoms with Crippen molar-refractivity contribution in [2.45, 2.75) is 6.92 Å². The summed E-state index contributed by atoms with van der Waals surface area (Å²) in [6.45, 7) is 1.35. The fourth-order valence-corrected chi connectivity index (χ4v) is 3.08. The number of carbonyl (C=O) groups is 1. The van der Waals surface area contributed by atoms with Crippen LogP contribution in [-0.4, -0.2) is 11.0 Å². The smallest absolute Gasteiger partial charge is 0.308 e. The molecule has 3 aromatic rings. The average Bonchev–Trinajstić information content (AvgIpc) is 3.11. The van der Waals surface area contributed by atoms with Crippen LogP contribution in [-0.2, 0) is 4.79 Å². The molecule has 0 spiro atoms. The fourth-order valence-electron chi connectivity index (χ4n) is 2.28. The van der Waals surface area contributed by atoms with Gasteiger partial charge in [0.2, 0.25) is 0 Å². The van der Waals surface area contributed by atoms with Crippen molar-refractivity contribution in [3.8, 4) is 23.1 Å². The molecule has 1 aromatic heterocycles. The zero-order valence-corrected chi connectivity index (χ0v) is 14.3. The molecule has 0 saturated heterocycles. The van der Waals surface area contributed by atoms with Crippen LogP contribution >= 0.6 is 11.3 Å². The highest BCUT2D eigenvalue weighted by Crippen LogP contribution is 2.29. The summed E-state index contributed by atoms with van der Waals surface area (Å²) in [5.41, 5.74) is 2.91. The first-order chi connectivity index (χ1) is 12.2. The van der Waals surface area contributed by atoms with Crippen molar-refractivity contribution in [2.75, 3.05) is 0 Å². The van der Waals surface area contributed by atoms with Crippen LogP contribution in [0.5, 0.6) is 5.75 Å². The molecule has 0 aliphatic heterocycles. The summed E-state index contributed by atoms with van der Waals surface area (Å²) in [7, 11) is 0. The van der Waals surface area contributed by atoms with E-state index in [-0.39, 0.29) is 0 Å². The van der Waals surface area contributed by atoms with Crippen LogP contribution in [0.25, 0.3) is 22.9 Å². The Morgan fingerprint density at radius 2 is 1.88 bits per heavy atom. The Hall–Kier alpha value is -3.23. The highest BCUT2D eigenvalue weighted by molar-refractivity contribution is 7.11. The number of hydrogen-bond acceptors (Lipinski definition) is 5. The number of ether oxygens (including phenoxy) is 1. The van der Waals surface area contributed by atoms with Crippen molar-refractivity contribution in [3.63, 3.8) is 0 Å². The zero-order chi connectivity index (χ0) is 17.6. The zero-order valence-electron chi connectivity index (χ0n) is 13.5. The van der Waals surface area contributed by atoms with Gasteiger partial charge in [-0.15, -0.1) is 11.3 Å². The highest BCUT2D eigenvalue weighted by Gasteiger charge is 2.11. The monoisotopic (exact) mass is 346 g/mol. The maximum absolute atomic E-state index is 11.2. The minimum Gasteiger partial charge on any atom is -0.426 e. The molecular weight excluding hydrogens is 332 g/mol. The van der Waals surface area contributed by atoms with Crippen LogP contribution in [0.3, 0.4) is 0 Å². The molecule has 122 valence electrons. The summed E-state index contributed by atoms with van der Waals surface area (Å²) in [5, 5.41) is 12.1. The van der Waals surface area contributed by atoms with Crippen LogP contribution in [0.15, 0.2) is 60.0 Å². The van der Waals surface area contributed by atoms with Crippen LogP contribution in [0.2, 0.25) is 0 Å². The number of thiazole rings is 1. The van der Waals surface area contributed by atoms with Crippen LogP contribution in [0.1, 0.15) is 17.5 Å². The molecule has 4 nitrogen and oxygen atoms in total. The first-order valence-corrected chi connectivity index (χ1v) is 8.46. The topological polar surface area (TPSA) is 63.0 Å². The Morgan fingerprint density at radius 3 is 2.60 bits per heavy atom. The first-order valence-electron chi connectivity index (χ1n) is 7.58. The Labute approximate surface area is 149 Å². The van der Waals surface area contributed by atoms with Gasteiger partial charge in [0.25, 0.3) is 0 Å². The second-order valence-electron chi connectivity index (χ2n) is 5.21. The number of esters is 1. The number of rotatable bonds is 4. The van der Waals surface area contributed by atoms with Crippen LogP contribution in [0, 0.1) is 11.3 Å². The van der Waals surface area contributed by atoms with Gasteiger partial charge in [-0.3, -0.25) is 4.79 Å². The van der Waals surface area contributed by atoms with Crippen LogP contribution in [0.4, 0.5) is 0 Å². The van der Waals surface area contributed by atoms with Crippen LogP contribution < -0.4 is 4.74 Å². The van der Waals surface area contributed by atoms with Gasteiger partial charge in [0.05, 0.1) is 11.3 Å². The third kappa shape index (κ3) is 4.00. The van der Waals surface area contributed by atoms with Gasteiger partial charge in [-0.25, -0.2) is 4.98 Å². The number of aromatic nitrogens is 1. The third-order valence-electron chi connectivity index (χ3n) is 3.40. The SMILES string of the molecule is CC(=O)Oc1ccccc1C=C(C#N)c1nc(-c2ccccc2)cs1. The molecule has 0 radical (unpaired) electrons. The summed E-state index contributed by atoms with van der Waals surface area (Å²) >= 11 is 1.41. The number of nitrogens with zero attached hydrogens (tertiary/aromatic N) is 2. The molecule has 0 fully saturated rings. The molecular formula is C20H14N2O2S. The Balaban J connectivity index is 1.97. The maximum Gasteiger partial charge on any atom is 0.308 e. The molecule has 2 aromatic carbocycles. The lowest BCUT2D eigenvalue weighted by Crippen LogP contribution is -2.02. The van der Waals surface area contributed by atoms with Crippen molar-refractivity contribution in [1.29, 1.82) is 5.26 Å². The molecule has 0 N–H and O–H groups in total. The second kappa shape index (κ2) is 7.56. The van der Waals surface area contributed by atoms with Crippen molar-refractivity contribution >= 4 is 29.0 Å². The lowest BCUT2D eigenvalue weighted by atomic mass is 10.1. The van der Waals surface area contributed by atoms with E-state index in [1.54, 1.807) is 24.3 Å². The Kier molecular flexibility index (Phi) is 5.03. The summed E-state index contributed by atoms with van der Waals surface area (Å²) in [4.78, 5) is 15.8. The largest absolute Gasteiger partial charge is 0.426 e. The number of allylic oxidation sites excluding steroid dienone is 1. The van der Waals surface area contributed by atoms with Gasteiger partial charge in [-0.05, 0) is 12.1 Å². The standard InChI is InChI=1S/C20H14N2O2S/c1-14(23)24-19-10-6-5-9-16(19)11-17(12-21)20-22-18(13-25-20)15-7-3-2-4-8-15/h2-11,13H,1H3. The summed E-state index contributed by atoms with van der Waals surface area (Å²) in [5.74, 6) is 0.0163. The minimum absolute atomic E-state index is 0.403. The van der Waals surface area contributed by atoms with Gasteiger partial charge in [-0.2, -0.15) is 5.26 Å². The van der Waals surface area contributed by atoms with Crippen molar-refractivity contribution < 1.29 is 9.53 Å². The number of para-hydroxylation sites is 1. The van der Waals surface area contributed by atoms with E-state index in [2.05, 4.69) is 11.1 Å². The summed E-state index contributed by atoms with van der Waals surface area (Å²) in [6.07, 6.45) is 1.69. The van der Waals surface area contributed by atoms with Crippen molar-refractivity contribution in [3.05, 3.63) is 70.5 Å². The van der Waals surface area contributed by atoms with Gasteiger partial charge < -0.3 is 4.74 Å². The molecule has 0 bridgehead atoms. The quantitative estimate of drug-likeness (QED) is 0.387. The number of nitriles is 1. The van der Waals surface area contributed by atoms with Gasteiger partial charge in [0, 0.05) is 23.4 Å². The van der Waals surface area contributed by atoms with E-state index in [0.29, 0.717) is 21.9 Å².